The summed E-state index contributed by atoms with van der Waals surface area (Å²) >= 11 is 0. The minimum absolute atomic E-state index is 0.0445. The van der Waals surface area contributed by atoms with Crippen molar-refractivity contribution in [2.45, 2.75) is 24.2 Å². The van der Waals surface area contributed by atoms with Gasteiger partial charge in [0.1, 0.15) is 17.6 Å². The molecule has 1 aromatic heterocycles. The zero-order chi connectivity index (χ0) is 15.6. The summed E-state index contributed by atoms with van der Waals surface area (Å²) < 4.78 is 36.9. The SMILES string of the molecule is CC(Cc1cn[nH]c1C#N)c1ccc(S(C)(=O)=O)cc1F. The fourth-order valence-corrected chi connectivity index (χ4v) is 2.77. The molecule has 1 unspecified atom stereocenters. The van der Waals surface area contributed by atoms with E-state index in [9.17, 15) is 12.8 Å². The van der Waals surface area contributed by atoms with Gasteiger partial charge in [-0.15, -0.1) is 0 Å². The largest absolute Gasteiger partial charge is 0.268 e. The minimum atomic E-state index is -3.43. The van der Waals surface area contributed by atoms with Crippen LogP contribution in [0.25, 0.3) is 0 Å². The van der Waals surface area contributed by atoms with E-state index in [0.29, 0.717) is 23.2 Å². The molecule has 110 valence electrons. The molecular weight excluding hydrogens is 293 g/mol. The number of rotatable bonds is 4. The standard InChI is InChI=1S/C14H14FN3O2S/c1-9(5-10-8-17-18-14(10)7-16)12-4-3-11(6-13(12)15)21(2,19)20/h3-4,6,8-9H,5H2,1-2H3,(H,17,18). The molecule has 0 aliphatic carbocycles. The lowest BCUT2D eigenvalue weighted by Crippen LogP contribution is -2.04. The van der Waals surface area contributed by atoms with Crippen LogP contribution >= 0.6 is 0 Å². The monoisotopic (exact) mass is 307 g/mol. The average molecular weight is 307 g/mol. The number of aromatic amines is 1. The Labute approximate surface area is 122 Å². The van der Waals surface area contributed by atoms with Gasteiger partial charge in [-0.1, -0.05) is 13.0 Å². The van der Waals surface area contributed by atoms with E-state index in [4.69, 9.17) is 5.26 Å². The molecule has 0 saturated heterocycles. The highest BCUT2D eigenvalue weighted by molar-refractivity contribution is 7.90. The number of hydrogen-bond acceptors (Lipinski definition) is 4. The number of H-pyrrole nitrogens is 1. The van der Waals surface area contributed by atoms with Gasteiger partial charge in [-0.3, -0.25) is 5.10 Å². The second kappa shape index (κ2) is 5.66. The van der Waals surface area contributed by atoms with Gasteiger partial charge >= 0.3 is 0 Å². The third-order valence-electron chi connectivity index (χ3n) is 3.29. The maximum absolute atomic E-state index is 14.1. The summed E-state index contributed by atoms with van der Waals surface area (Å²) in [6.45, 7) is 1.81. The van der Waals surface area contributed by atoms with Crippen LogP contribution in [0.1, 0.15) is 29.7 Å². The third kappa shape index (κ3) is 3.28. The van der Waals surface area contributed by atoms with Gasteiger partial charge in [0.25, 0.3) is 0 Å². The van der Waals surface area contributed by atoms with Gasteiger partial charge in [0.05, 0.1) is 11.1 Å². The predicted octanol–water partition coefficient (Wildman–Crippen LogP) is 2.17. The Hall–Kier alpha value is -2.20. The fourth-order valence-electron chi connectivity index (χ4n) is 2.14. The molecule has 0 amide bonds. The van der Waals surface area contributed by atoms with Gasteiger partial charge in [0, 0.05) is 11.8 Å². The average Bonchev–Trinajstić information content (AvgIpc) is 2.84. The number of nitrogens with one attached hydrogen (secondary N) is 1. The number of benzene rings is 1. The molecule has 1 aromatic carbocycles. The summed E-state index contributed by atoms with van der Waals surface area (Å²) in [6, 6.07) is 5.88. The Bertz CT molecular complexity index is 806. The highest BCUT2D eigenvalue weighted by atomic mass is 32.2. The van der Waals surface area contributed by atoms with E-state index < -0.39 is 15.7 Å². The van der Waals surface area contributed by atoms with Crippen LogP contribution in [-0.2, 0) is 16.3 Å². The van der Waals surface area contributed by atoms with Crippen LogP contribution in [0, 0.1) is 17.1 Å². The van der Waals surface area contributed by atoms with Crippen molar-refractivity contribution in [3.63, 3.8) is 0 Å². The van der Waals surface area contributed by atoms with Gasteiger partial charge < -0.3 is 0 Å². The normalized spacial score (nSPS) is 12.9. The molecule has 0 aliphatic rings. The Morgan fingerprint density at radius 3 is 2.76 bits per heavy atom. The van der Waals surface area contributed by atoms with Crippen molar-refractivity contribution in [2.75, 3.05) is 6.26 Å². The van der Waals surface area contributed by atoms with Crippen LogP contribution in [0.5, 0.6) is 0 Å². The molecule has 2 aromatic rings. The molecule has 1 N–H and O–H groups in total. The molecule has 5 nitrogen and oxygen atoms in total. The Morgan fingerprint density at radius 1 is 1.48 bits per heavy atom. The van der Waals surface area contributed by atoms with Crippen molar-refractivity contribution < 1.29 is 12.8 Å². The summed E-state index contributed by atoms with van der Waals surface area (Å²) in [7, 11) is -3.43. The minimum Gasteiger partial charge on any atom is -0.268 e. The zero-order valence-electron chi connectivity index (χ0n) is 11.6. The third-order valence-corrected chi connectivity index (χ3v) is 4.40. The molecule has 1 atom stereocenters. The first-order valence-electron chi connectivity index (χ1n) is 6.24. The second-order valence-electron chi connectivity index (χ2n) is 4.94. The summed E-state index contributed by atoms with van der Waals surface area (Å²) in [5.41, 5.74) is 1.47. The van der Waals surface area contributed by atoms with Crippen LogP contribution < -0.4 is 0 Å². The lowest BCUT2D eigenvalue weighted by molar-refractivity contribution is 0.577. The molecule has 0 aliphatic heterocycles. The van der Waals surface area contributed by atoms with E-state index in [-0.39, 0.29) is 10.8 Å². The molecule has 0 bridgehead atoms. The molecule has 0 radical (unpaired) electrons. The van der Waals surface area contributed by atoms with Crippen LogP contribution in [0.4, 0.5) is 4.39 Å². The molecule has 1 heterocycles. The topological polar surface area (TPSA) is 86.6 Å². The quantitative estimate of drug-likeness (QED) is 0.937. The lowest BCUT2D eigenvalue weighted by atomic mass is 9.93. The first-order valence-corrected chi connectivity index (χ1v) is 8.14. The smallest absolute Gasteiger partial charge is 0.175 e. The zero-order valence-corrected chi connectivity index (χ0v) is 12.4. The van der Waals surface area contributed by atoms with E-state index in [1.165, 1.54) is 18.3 Å². The van der Waals surface area contributed by atoms with Crippen molar-refractivity contribution in [2.24, 2.45) is 0 Å². The number of hydrogen-bond donors (Lipinski definition) is 1. The first kappa shape index (κ1) is 15.2. The van der Waals surface area contributed by atoms with Crippen molar-refractivity contribution >= 4 is 9.84 Å². The van der Waals surface area contributed by atoms with Crippen molar-refractivity contribution in [3.05, 3.63) is 47.0 Å². The molecule has 2 rings (SSSR count). The van der Waals surface area contributed by atoms with E-state index in [1.54, 1.807) is 0 Å². The summed E-state index contributed by atoms with van der Waals surface area (Å²) in [5.74, 6) is -0.768. The Morgan fingerprint density at radius 2 is 2.19 bits per heavy atom. The fraction of sp³-hybridized carbons (Fsp3) is 0.286. The Balaban J connectivity index is 2.28. The van der Waals surface area contributed by atoms with Crippen LogP contribution in [0.3, 0.4) is 0 Å². The van der Waals surface area contributed by atoms with E-state index >= 15 is 0 Å². The van der Waals surface area contributed by atoms with Gasteiger partial charge in [-0.25, -0.2) is 12.8 Å². The number of sulfone groups is 1. The number of nitriles is 1. The second-order valence-corrected chi connectivity index (χ2v) is 6.96. The number of nitrogens with zero attached hydrogens (tertiary/aromatic N) is 2. The molecular formula is C14H14FN3O2S. The van der Waals surface area contributed by atoms with E-state index in [0.717, 1.165) is 12.3 Å². The van der Waals surface area contributed by atoms with Crippen LogP contribution in [0.2, 0.25) is 0 Å². The maximum Gasteiger partial charge on any atom is 0.175 e. The summed E-state index contributed by atoms with van der Waals surface area (Å²) in [4.78, 5) is -0.0445. The van der Waals surface area contributed by atoms with Gasteiger partial charge in [0.15, 0.2) is 9.84 Å². The Kier molecular flexibility index (Phi) is 4.09. The highest BCUT2D eigenvalue weighted by Gasteiger charge is 2.17. The summed E-state index contributed by atoms with van der Waals surface area (Å²) in [6.07, 6.45) is 3.02. The highest BCUT2D eigenvalue weighted by Crippen LogP contribution is 2.25. The van der Waals surface area contributed by atoms with Crippen molar-refractivity contribution in [1.29, 1.82) is 5.26 Å². The predicted molar refractivity (Wildman–Crippen MR) is 74.9 cm³/mol. The molecule has 0 spiro atoms. The number of aromatic nitrogens is 2. The first-order chi connectivity index (χ1) is 9.82. The van der Waals surface area contributed by atoms with Gasteiger partial charge in [0.2, 0.25) is 0 Å². The lowest BCUT2D eigenvalue weighted by Gasteiger charge is -2.13. The van der Waals surface area contributed by atoms with Crippen LogP contribution in [-0.4, -0.2) is 24.9 Å². The van der Waals surface area contributed by atoms with Crippen molar-refractivity contribution in [3.8, 4) is 6.07 Å². The number of halogens is 1. The van der Waals surface area contributed by atoms with Crippen LogP contribution in [0.15, 0.2) is 29.3 Å². The van der Waals surface area contributed by atoms with Crippen molar-refractivity contribution in [1.82, 2.24) is 10.2 Å². The van der Waals surface area contributed by atoms with Gasteiger partial charge in [-0.05, 0) is 30.0 Å². The molecule has 0 fully saturated rings. The molecule has 7 heteroatoms. The summed E-state index contributed by atoms with van der Waals surface area (Å²) in [5, 5.41) is 15.3. The van der Waals surface area contributed by atoms with E-state index in [1.807, 2.05) is 13.0 Å². The molecule has 21 heavy (non-hydrogen) atoms. The van der Waals surface area contributed by atoms with Gasteiger partial charge in [-0.2, -0.15) is 10.4 Å². The molecule has 0 saturated carbocycles. The van der Waals surface area contributed by atoms with E-state index in [2.05, 4.69) is 10.2 Å². The maximum atomic E-state index is 14.1.